The highest BCUT2D eigenvalue weighted by atomic mass is 19.1. The number of nitrogens with two attached hydrogens (primary N) is 4. The molecule has 16 heterocycles. The Labute approximate surface area is 766 Å². The Morgan fingerprint density at radius 3 is 0.940 bits per heavy atom. The lowest BCUT2D eigenvalue weighted by atomic mass is 9.92. The molecule has 4 aliphatic heterocycles. The van der Waals surface area contributed by atoms with Crippen LogP contribution < -0.4 is 61.5 Å². The molecule has 16 aromatic rings. The molecule has 40 nitrogen and oxygen atoms in total. The number of piperidine rings is 4. The van der Waals surface area contributed by atoms with Gasteiger partial charge in [-0.3, -0.25) is 18.7 Å². The van der Waals surface area contributed by atoms with E-state index >= 15 is 0 Å². The maximum atomic E-state index is 14.4. The molecule has 10 atom stereocenters. The molecule has 20 rings (SSSR count). The van der Waals surface area contributed by atoms with E-state index in [0.717, 1.165) is 87.2 Å². The van der Waals surface area contributed by atoms with E-state index in [9.17, 15) is 38.0 Å². The number of rotatable bonds is 20. The molecule has 0 saturated carbocycles. The van der Waals surface area contributed by atoms with E-state index in [1.165, 1.54) is 95.0 Å². The van der Waals surface area contributed by atoms with Crippen molar-refractivity contribution in [1.29, 1.82) is 0 Å². The second kappa shape index (κ2) is 36.9. The van der Waals surface area contributed by atoms with E-state index in [1.807, 2.05) is 77.3 Å². The number of aromatic nitrogens is 24. The van der Waals surface area contributed by atoms with Crippen LogP contribution in [0.3, 0.4) is 0 Å². The lowest BCUT2D eigenvalue weighted by Gasteiger charge is -2.37. The molecule has 4 fully saturated rings. The van der Waals surface area contributed by atoms with Crippen LogP contribution in [0.2, 0.25) is 0 Å². The monoisotopic (exact) mass is 1840 g/mol. The topological polar surface area (TPSA) is 478 Å². The Bertz CT molecular complexity index is 6590. The highest BCUT2D eigenvalue weighted by Crippen LogP contribution is 2.41. The zero-order valence-electron chi connectivity index (χ0n) is 77.1. The average molecular weight is 1850 g/mol. The van der Waals surface area contributed by atoms with Crippen LogP contribution in [0.4, 0.5) is 64.1 Å². The Kier molecular flexibility index (Phi) is 25.4. The summed E-state index contributed by atoms with van der Waals surface area (Å²) < 4.78 is 90.9. The van der Waals surface area contributed by atoms with Gasteiger partial charge in [-0.1, -0.05) is 0 Å². The maximum Gasteiger partial charge on any atom is 0.223 e. The van der Waals surface area contributed by atoms with Gasteiger partial charge in [0, 0.05) is 146 Å². The number of ether oxygens (including phenoxy) is 4. The molecule has 44 heteroatoms. The highest BCUT2D eigenvalue weighted by Gasteiger charge is 2.37. The number of aliphatic hydroxyl groups is 4. The molecule has 0 radical (unpaired) electrons. The third-order valence-electron chi connectivity index (χ3n) is 26.3. The van der Waals surface area contributed by atoms with Crippen molar-refractivity contribution in [3.8, 4) is 23.0 Å². The predicted octanol–water partition coefficient (Wildman–Crippen LogP) is 10.1. The van der Waals surface area contributed by atoms with Crippen molar-refractivity contribution in [1.82, 2.24) is 117 Å². The van der Waals surface area contributed by atoms with Crippen LogP contribution in [0.5, 0.6) is 23.0 Å². The molecule has 0 unspecified atom stereocenters. The first kappa shape index (κ1) is 92.0. The lowest BCUT2D eigenvalue weighted by Crippen LogP contribution is -2.41. The van der Waals surface area contributed by atoms with Crippen molar-refractivity contribution in [2.24, 2.45) is 0 Å². The van der Waals surface area contributed by atoms with Crippen LogP contribution in [-0.2, 0) is 24.2 Å². The van der Waals surface area contributed by atoms with E-state index in [-0.39, 0.29) is 70.5 Å². The highest BCUT2D eigenvalue weighted by molar-refractivity contribution is 5.96. The molecule has 4 saturated heterocycles. The molecule has 12 aromatic heterocycles. The summed E-state index contributed by atoms with van der Waals surface area (Å²) in [5.74, 6) is 2.07. The summed E-state index contributed by atoms with van der Waals surface area (Å²) in [4.78, 5) is 45.6. The third-order valence-corrected chi connectivity index (χ3v) is 26.3. The first-order valence-corrected chi connectivity index (χ1v) is 44.7. The van der Waals surface area contributed by atoms with Gasteiger partial charge in [-0.25, -0.2) is 57.4 Å². The normalized spacial score (nSPS) is 19.0. The standard InChI is InChI=1S/2C23H29FN8O2.2C22H27FN8O2/c2*1-13(33)23(2,3)31-12-15(10-26-31)30-7-5-6-14(11-30)20-28-21-16-8-17(24)19(34-4)9-18(16)27-22(25)32(21)29-20;2*1-12-4-5-14(10-30(12)15-8-25-29(11-15)9-13(2)32)20-27-21-16-6-17(23)19(33-3)7-18(16)26-22(24)31(21)28-20/h2*8-10,12-14,33H,5-7,11H2,1-4H3,(H2,25,27);2*6-8,11-14,32H,4-5,9-10H2,1-3H3,(H2,24,26)/t13-,14+;13-,14-;12-,13+,14+;12-,13-,14+/m0100/s1. The van der Waals surface area contributed by atoms with Gasteiger partial charge < -0.3 is 81.9 Å². The van der Waals surface area contributed by atoms with Crippen molar-refractivity contribution < 1.29 is 56.9 Å². The van der Waals surface area contributed by atoms with Gasteiger partial charge in [-0.15, -0.1) is 20.4 Å². The van der Waals surface area contributed by atoms with Crippen molar-refractivity contribution >= 4 is 113 Å². The van der Waals surface area contributed by atoms with Gasteiger partial charge in [-0.05, 0) is 145 Å². The van der Waals surface area contributed by atoms with E-state index < -0.39 is 58.8 Å². The zero-order valence-corrected chi connectivity index (χ0v) is 77.1. The van der Waals surface area contributed by atoms with E-state index in [4.69, 9.17) is 61.8 Å². The Hall–Kier alpha value is -13.9. The van der Waals surface area contributed by atoms with Gasteiger partial charge in [0.2, 0.25) is 23.8 Å². The number of nitrogen functional groups attached to an aromatic ring is 4. The Morgan fingerprint density at radius 1 is 0.381 bits per heavy atom. The molecule has 708 valence electrons. The minimum absolute atomic E-state index is 0.0683. The number of benzene rings is 4. The number of nitrogens with zero attached hydrogens (tertiary/aromatic N) is 28. The molecule has 12 N–H and O–H groups in total. The van der Waals surface area contributed by atoms with Gasteiger partial charge in [0.25, 0.3) is 0 Å². The summed E-state index contributed by atoms with van der Waals surface area (Å²) in [6.07, 6.45) is 20.7. The van der Waals surface area contributed by atoms with E-state index in [0.29, 0.717) is 141 Å². The number of anilines is 8. The predicted molar refractivity (Wildman–Crippen MR) is 497 cm³/mol. The van der Waals surface area contributed by atoms with Crippen molar-refractivity contribution in [2.45, 2.75) is 205 Å². The summed E-state index contributed by atoms with van der Waals surface area (Å²) in [7, 11) is 5.63. The second-order valence-corrected chi connectivity index (χ2v) is 36.3. The average Bonchev–Trinajstić information content (AvgIpc) is 1.60. The zero-order chi connectivity index (χ0) is 94.9. The van der Waals surface area contributed by atoms with Crippen LogP contribution in [0.25, 0.3) is 66.2 Å². The van der Waals surface area contributed by atoms with Gasteiger partial charge in [0.05, 0.1) is 147 Å². The first-order valence-electron chi connectivity index (χ1n) is 44.7. The van der Waals surface area contributed by atoms with Crippen molar-refractivity contribution in [2.75, 3.05) is 110 Å². The maximum absolute atomic E-state index is 14.4. The lowest BCUT2D eigenvalue weighted by molar-refractivity contribution is 0.0646. The van der Waals surface area contributed by atoms with E-state index in [1.54, 1.807) is 46.4 Å². The smallest absolute Gasteiger partial charge is 0.223 e. The van der Waals surface area contributed by atoms with Gasteiger partial charge >= 0.3 is 0 Å². The number of hydrogen-bond donors (Lipinski definition) is 8. The second-order valence-electron chi connectivity index (χ2n) is 36.3. The Balaban J connectivity index is 0.000000124. The summed E-state index contributed by atoms with van der Waals surface area (Å²) in [5, 5.41) is 77.9. The molecule has 4 aromatic carbocycles. The number of hydrogen-bond acceptors (Lipinski definition) is 32. The van der Waals surface area contributed by atoms with Crippen molar-refractivity contribution in [3.63, 3.8) is 0 Å². The van der Waals surface area contributed by atoms with Gasteiger partial charge in [0.15, 0.2) is 92.2 Å². The molecule has 4 aliphatic rings. The SMILES string of the molecule is COc1cc2nc(N)n3nc([C@@H]4CCCN(c5cnn(C(C)(C)[C@@H](C)O)c5)C4)nc3c2cc1F.COc1cc2nc(N)n3nc([C@@H]4CCCN(c5cnn(C(C)(C)[C@H](C)O)c5)C4)nc3c2cc1F.COc1cc2nc(N)n3nc([C@@H]4CC[C@H](C)N(c5cnn(C[C@@H](C)O)c5)C4)nc3c2cc1F.COc1cc2nc(N)n3nc([C@@H]4CC[C@H](C)N(c5cnn(C[C@H](C)O)c5)C4)nc3c2cc1F. The molecular formula is C90H112F4N32O8. The fraction of sp³-hybridized carbons (Fsp3) is 0.467. The van der Waals surface area contributed by atoms with Gasteiger partial charge in [0.1, 0.15) is 0 Å². The summed E-state index contributed by atoms with van der Waals surface area (Å²) in [6.45, 7) is 24.7. The largest absolute Gasteiger partial charge is 0.494 e. The third kappa shape index (κ3) is 18.0. The van der Waals surface area contributed by atoms with Crippen LogP contribution in [0, 0.1) is 23.3 Å². The molecule has 0 spiro atoms. The molecule has 0 amide bonds. The Morgan fingerprint density at radius 2 is 0.664 bits per heavy atom. The van der Waals surface area contributed by atoms with Crippen LogP contribution in [0.1, 0.15) is 168 Å². The quantitative estimate of drug-likeness (QED) is 0.0329. The first-order chi connectivity index (χ1) is 64.0. The minimum atomic E-state index is -0.546. The molecule has 0 aliphatic carbocycles. The van der Waals surface area contributed by atoms with E-state index in [2.05, 4.69) is 94.2 Å². The molecular weight excluding hydrogens is 1730 g/mol. The minimum Gasteiger partial charge on any atom is -0.494 e. The van der Waals surface area contributed by atoms with Crippen LogP contribution in [-0.4, -0.2) is 242 Å². The molecule has 0 bridgehead atoms. The number of fused-ring (bicyclic) bond motifs is 12. The van der Waals surface area contributed by atoms with Gasteiger partial charge in [-0.2, -0.15) is 38.5 Å². The van der Waals surface area contributed by atoms with Crippen molar-refractivity contribution in [3.05, 3.63) is 145 Å². The van der Waals surface area contributed by atoms with Crippen LogP contribution >= 0.6 is 0 Å². The summed E-state index contributed by atoms with van der Waals surface area (Å²) in [5.41, 5.74) is 31.5. The fourth-order valence-electron chi connectivity index (χ4n) is 17.8. The molecule has 134 heavy (non-hydrogen) atoms. The summed E-state index contributed by atoms with van der Waals surface area (Å²) >= 11 is 0. The fourth-order valence-corrected chi connectivity index (χ4v) is 17.8. The number of halogens is 4. The number of aliphatic hydroxyl groups excluding tert-OH is 4. The number of methoxy groups -OCH3 is 4. The summed E-state index contributed by atoms with van der Waals surface area (Å²) in [6, 6.07) is 12.2. The van der Waals surface area contributed by atoms with Crippen LogP contribution in [0.15, 0.2) is 98.1 Å².